The van der Waals surface area contributed by atoms with Gasteiger partial charge < -0.3 is 9.84 Å². The summed E-state index contributed by atoms with van der Waals surface area (Å²) in [5.74, 6) is 0.189. The van der Waals surface area contributed by atoms with E-state index < -0.39 is 0 Å². The van der Waals surface area contributed by atoms with Gasteiger partial charge in [-0.05, 0) is 44.4 Å². The predicted molar refractivity (Wildman–Crippen MR) is 83.8 cm³/mol. The number of carbonyl (C=O) groups is 1. The van der Waals surface area contributed by atoms with Gasteiger partial charge in [0.2, 0.25) is 11.1 Å². The fourth-order valence-electron chi connectivity index (χ4n) is 2.29. The second kappa shape index (κ2) is 6.96. The van der Waals surface area contributed by atoms with Crippen LogP contribution in [0.1, 0.15) is 29.6 Å². The van der Waals surface area contributed by atoms with Gasteiger partial charge in [-0.2, -0.15) is 5.10 Å². The van der Waals surface area contributed by atoms with E-state index in [1.807, 2.05) is 24.6 Å². The average molecular weight is 325 g/mol. The van der Waals surface area contributed by atoms with Crippen molar-refractivity contribution in [1.29, 1.82) is 0 Å². The van der Waals surface area contributed by atoms with E-state index in [9.17, 15) is 4.79 Å². The molecule has 0 radical (unpaired) electrons. The van der Waals surface area contributed by atoms with Crippen LogP contribution < -0.4 is 5.32 Å². The predicted octanol–water partition coefficient (Wildman–Crippen LogP) is 2.44. The molecule has 0 aliphatic heterocycles. The Kier molecular flexibility index (Phi) is 5.24. The van der Waals surface area contributed by atoms with Crippen LogP contribution in [0.15, 0.2) is 10.6 Å². The lowest BCUT2D eigenvalue weighted by Crippen LogP contribution is -2.31. The van der Waals surface area contributed by atoms with Gasteiger partial charge in [-0.3, -0.25) is 9.48 Å². The second-order valence-corrected chi connectivity index (χ2v) is 6.06. The standard InChI is InChI=1S/C15H21ClN4O2/c1-9(8-20-11(3)5-10(2)18-20)7-17-14(21)6-13-12(4)19-22-15(13)16/h5,9H,6-8H2,1-4H3,(H,17,21). The van der Waals surface area contributed by atoms with Crippen molar-refractivity contribution in [2.45, 2.75) is 40.7 Å². The van der Waals surface area contributed by atoms with Gasteiger partial charge in [0.25, 0.3) is 0 Å². The van der Waals surface area contributed by atoms with Crippen molar-refractivity contribution < 1.29 is 9.32 Å². The Morgan fingerprint density at radius 3 is 2.73 bits per heavy atom. The first-order valence-electron chi connectivity index (χ1n) is 7.25. The number of amides is 1. The molecular formula is C15H21ClN4O2. The zero-order valence-electron chi connectivity index (χ0n) is 13.3. The third-order valence-electron chi connectivity index (χ3n) is 3.51. The van der Waals surface area contributed by atoms with Crippen LogP contribution >= 0.6 is 11.6 Å². The number of rotatable bonds is 6. The number of halogens is 1. The molecule has 22 heavy (non-hydrogen) atoms. The Balaban J connectivity index is 1.82. The molecule has 0 saturated carbocycles. The monoisotopic (exact) mass is 324 g/mol. The first kappa shape index (κ1) is 16.5. The van der Waals surface area contributed by atoms with Crippen LogP contribution in [0.25, 0.3) is 0 Å². The van der Waals surface area contributed by atoms with Crippen LogP contribution in [-0.2, 0) is 17.8 Å². The molecular weight excluding hydrogens is 304 g/mol. The van der Waals surface area contributed by atoms with Crippen molar-refractivity contribution in [3.63, 3.8) is 0 Å². The molecule has 1 atom stereocenters. The zero-order chi connectivity index (χ0) is 16.3. The van der Waals surface area contributed by atoms with Gasteiger partial charge in [-0.15, -0.1) is 0 Å². The van der Waals surface area contributed by atoms with Crippen LogP contribution in [0.3, 0.4) is 0 Å². The Bertz CT molecular complexity index is 643. The van der Waals surface area contributed by atoms with E-state index in [0.29, 0.717) is 17.8 Å². The van der Waals surface area contributed by atoms with Gasteiger partial charge in [0, 0.05) is 24.3 Å². The molecule has 0 aliphatic carbocycles. The van der Waals surface area contributed by atoms with Gasteiger partial charge >= 0.3 is 0 Å². The molecule has 1 N–H and O–H groups in total. The third kappa shape index (κ3) is 4.10. The first-order chi connectivity index (χ1) is 10.4. The fraction of sp³-hybridized carbons (Fsp3) is 0.533. The topological polar surface area (TPSA) is 73.0 Å². The van der Waals surface area contributed by atoms with Gasteiger partial charge in [-0.1, -0.05) is 12.1 Å². The van der Waals surface area contributed by atoms with E-state index in [1.54, 1.807) is 6.92 Å². The van der Waals surface area contributed by atoms with E-state index >= 15 is 0 Å². The van der Waals surface area contributed by atoms with Crippen LogP contribution in [0, 0.1) is 26.7 Å². The molecule has 2 rings (SSSR count). The highest BCUT2D eigenvalue weighted by Crippen LogP contribution is 2.19. The Morgan fingerprint density at radius 1 is 1.45 bits per heavy atom. The van der Waals surface area contributed by atoms with Crippen molar-refractivity contribution >= 4 is 17.5 Å². The van der Waals surface area contributed by atoms with E-state index in [0.717, 1.165) is 17.9 Å². The largest absolute Gasteiger partial charge is 0.355 e. The summed E-state index contributed by atoms with van der Waals surface area (Å²) < 4.78 is 6.81. The van der Waals surface area contributed by atoms with Gasteiger partial charge in [-0.25, -0.2) is 0 Å². The van der Waals surface area contributed by atoms with Crippen LogP contribution in [0.2, 0.25) is 5.22 Å². The molecule has 0 bridgehead atoms. The van der Waals surface area contributed by atoms with Crippen molar-refractivity contribution in [3.05, 3.63) is 33.9 Å². The molecule has 2 aromatic heterocycles. The molecule has 1 unspecified atom stereocenters. The lowest BCUT2D eigenvalue weighted by molar-refractivity contribution is -0.120. The molecule has 0 spiro atoms. The molecule has 0 aromatic carbocycles. The number of aromatic nitrogens is 3. The number of hydrogen-bond donors (Lipinski definition) is 1. The Labute approximate surface area is 134 Å². The Hall–Kier alpha value is -1.82. The van der Waals surface area contributed by atoms with Crippen LogP contribution in [-0.4, -0.2) is 27.4 Å². The summed E-state index contributed by atoms with van der Waals surface area (Å²) >= 11 is 5.86. The smallest absolute Gasteiger partial charge is 0.229 e. The van der Waals surface area contributed by atoms with Gasteiger partial charge in [0.15, 0.2) is 0 Å². The van der Waals surface area contributed by atoms with E-state index in [2.05, 4.69) is 22.5 Å². The van der Waals surface area contributed by atoms with E-state index in [1.165, 1.54) is 0 Å². The van der Waals surface area contributed by atoms with Crippen LogP contribution in [0.5, 0.6) is 0 Å². The highest BCUT2D eigenvalue weighted by atomic mass is 35.5. The molecule has 2 heterocycles. The highest BCUT2D eigenvalue weighted by Gasteiger charge is 2.15. The number of nitrogens with one attached hydrogen (secondary N) is 1. The average Bonchev–Trinajstić information content (AvgIpc) is 2.92. The van der Waals surface area contributed by atoms with Gasteiger partial charge in [0.05, 0.1) is 17.8 Å². The summed E-state index contributed by atoms with van der Waals surface area (Å²) in [6.07, 6.45) is 0.181. The molecule has 1 amide bonds. The molecule has 7 heteroatoms. The molecule has 120 valence electrons. The van der Waals surface area contributed by atoms with Crippen molar-refractivity contribution in [1.82, 2.24) is 20.3 Å². The lowest BCUT2D eigenvalue weighted by atomic mass is 10.1. The lowest BCUT2D eigenvalue weighted by Gasteiger charge is -2.14. The number of carbonyl (C=O) groups excluding carboxylic acids is 1. The van der Waals surface area contributed by atoms with Gasteiger partial charge in [0.1, 0.15) is 0 Å². The van der Waals surface area contributed by atoms with Crippen molar-refractivity contribution in [3.8, 4) is 0 Å². The molecule has 0 aliphatic rings. The normalized spacial score (nSPS) is 12.4. The minimum Gasteiger partial charge on any atom is -0.355 e. The van der Waals surface area contributed by atoms with Crippen LogP contribution in [0.4, 0.5) is 0 Å². The number of nitrogens with zero attached hydrogens (tertiary/aromatic N) is 3. The Morgan fingerprint density at radius 2 is 2.18 bits per heavy atom. The second-order valence-electron chi connectivity index (χ2n) is 5.72. The van der Waals surface area contributed by atoms with E-state index in [4.69, 9.17) is 16.1 Å². The quantitative estimate of drug-likeness (QED) is 0.885. The molecule has 6 nitrogen and oxygen atoms in total. The number of aryl methyl sites for hydroxylation is 3. The first-order valence-corrected chi connectivity index (χ1v) is 7.63. The third-order valence-corrected chi connectivity index (χ3v) is 3.81. The SMILES string of the molecule is Cc1cc(C)n(CC(C)CNC(=O)Cc2c(C)noc2Cl)n1. The fourth-order valence-corrected chi connectivity index (χ4v) is 2.53. The molecule has 0 saturated heterocycles. The molecule has 0 fully saturated rings. The van der Waals surface area contributed by atoms with Crippen molar-refractivity contribution in [2.24, 2.45) is 5.92 Å². The summed E-state index contributed by atoms with van der Waals surface area (Å²) in [6.45, 7) is 9.20. The maximum Gasteiger partial charge on any atom is 0.229 e. The summed E-state index contributed by atoms with van der Waals surface area (Å²) in [5, 5.41) is 11.3. The minimum absolute atomic E-state index is 0.0894. The maximum absolute atomic E-state index is 12.0. The van der Waals surface area contributed by atoms with E-state index in [-0.39, 0.29) is 23.5 Å². The summed E-state index contributed by atoms with van der Waals surface area (Å²) in [4.78, 5) is 12.0. The maximum atomic E-state index is 12.0. The zero-order valence-corrected chi connectivity index (χ0v) is 14.1. The van der Waals surface area contributed by atoms with Crippen molar-refractivity contribution in [2.75, 3.05) is 6.54 Å². The number of hydrogen-bond acceptors (Lipinski definition) is 4. The minimum atomic E-state index is -0.0894. The summed E-state index contributed by atoms with van der Waals surface area (Å²) in [7, 11) is 0. The highest BCUT2D eigenvalue weighted by molar-refractivity contribution is 6.29. The summed E-state index contributed by atoms with van der Waals surface area (Å²) in [5.41, 5.74) is 3.43. The molecule has 2 aromatic rings. The summed E-state index contributed by atoms with van der Waals surface area (Å²) in [6, 6.07) is 2.04.